The molecule has 2 aromatic rings. The summed E-state index contributed by atoms with van der Waals surface area (Å²) in [6, 6.07) is 7.59. The summed E-state index contributed by atoms with van der Waals surface area (Å²) in [7, 11) is 0. The van der Waals surface area contributed by atoms with Crippen molar-refractivity contribution in [2.75, 3.05) is 10.7 Å². The Bertz CT molecular complexity index is 662. The van der Waals surface area contributed by atoms with Crippen molar-refractivity contribution in [2.24, 2.45) is 5.84 Å². The summed E-state index contributed by atoms with van der Waals surface area (Å²) >= 11 is 3.35. The largest absolute Gasteiger partial charge is 0.360 e. The predicted molar refractivity (Wildman–Crippen MR) is 82.7 cm³/mol. The first kappa shape index (κ1) is 15.1. The van der Waals surface area contributed by atoms with E-state index in [1.165, 1.54) is 6.92 Å². The minimum atomic E-state index is -0.514. The van der Waals surface area contributed by atoms with Crippen molar-refractivity contribution in [3.05, 3.63) is 50.1 Å². The van der Waals surface area contributed by atoms with Crippen LogP contribution in [0.25, 0.3) is 0 Å². The Kier molecular flexibility index (Phi) is 4.66. The Morgan fingerprint density at radius 3 is 2.57 bits per heavy atom. The second-order valence-corrected chi connectivity index (χ2v) is 5.13. The number of nitro groups is 1. The number of hydrazine groups is 1. The first-order chi connectivity index (χ1) is 10.0. The van der Waals surface area contributed by atoms with E-state index in [4.69, 9.17) is 5.84 Å². The standard InChI is InChI=1S/C12H13BrN6O2/c1-7-10(19(20)21)11(17-12(16-7)18-14)15-6-8-2-4-9(13)5-3-8/h2-5H,6,14H2,1H3,(H2,15,16,17,18). The fourth-order valence-electron chi connectivity index (χ4n) is 1.76. The number of rotatable bonds is 5. The van der Waals surface area contributed by atoms with Gasteiger partial charge in [0.25, 0.3) is 0 Å². The zero-order valence-electron chi connectivity index (χ0n) is 11.1. The maximum absolute atomic E-state index is 11.1. The van der Waals surface area contributed by atoms with Crippen LogP contribution in [0, 0.1) is 17.0 Å². The molecule has 0 unspecified atom stereocenters. The average molecular weight is 353 g/mol. The molecule has 0 aliphatic carbocycles. The van der Waals surface area contributed by atoms with Crippen LogP contribution in [0.4, 0.5) is 17.5 Å². The molecular weight excluding hydrogens is 340 g/mol. The van der Waals surface area contributed by atoms with E-state index in [9.17, 15) is 10.1 Å². The van der Waals surface area contributed by atoms with Crippen molar-refractivity contribution in [1.29, 1.82) is 0 Å². The molecule has 1 aromatic heterocycles. The van der Waals surface area contributed by atoms with E-state index >= 15 is 0 Å². The Labute approximate surface area is 129 Å². The van der Waals surface area contributed by atoms with Gasteiger partial charge in [0.1, 0.15) is 5.69 Å². The molecular formula is C12H13BrN6O2. The first-order valence-electron chi connectivity index (χ1n) is 5.99. The van der Waals surface area contributed by atoms with Gasteiger partial charge in [-0.1, -0.05) is 28.1 Å². The van der Waals surface area contributed by atoms with Crippen LogP contribution in [0.5, 0.6) is 0 Å². The first-order valence-corrected chi connectivity index (χ1v) is 6.78. The number of hydrogen-bond acceptors (Lipinski definition) is 7. The Hall–Kier alpha value is -2.26. The Balaban J connectivity index is 2.27. The molecule has 0 amide bonds. The van der Waals surface area contributed by atoms with Gasteiger partial charge in [-0.2, -0.15) is 4.98 Å². The van der Waals surface area contributed by atoms with E-state index in [1.54, 1.807) is 0 Å². The lowest BCUT2D eigenvalue weighted by molar-refractivity contribution is -0.385. The zero-order chi connectivity index (χ0) is 15.4. The number of nitrogens with one attached hydrogen (secondary N) is 2. The average Bonchev–Trinajstić information content (AvgIpc) is 2.45. The van der Waals surface area contributed by atoms with Gasteiger partial charge in [0, 0.05) is 11.0 Å². The molecule has 1 heterocycles. The molecule has 0 bridgehead atoms. The fourth-order valence-corrected chi connectivity index (χ4v) is 2.03. The molecule has 110 valence electrons. The van der Waals surface area contributed by atoms with Gasteiger partial charge in [-0.3, -0.25) is 15.5 Å². The molecule has 0 fully saturated rings. The molecule has 0 radical (unpaired) electrons. The van der Waals surface area contributed by atoms with Gasteiger partial charge in [-0.25, -0.2) is 10.8 Å². The highest BCUT2D eigenvalue weighted by molar-refractivity contribution is 9.10. The van der Waals surface area contributed by atoms with Gasteiger partial charge in [-0.05, 0) is 24.6 Å². The van der Waals surface area contributed by atoms with Crippen molar-refractivity contribution in [1.82, 2.24) is 9.97 Å². The van der Waals surface area contributed by atoms with Crippen LogP contribution >= 0.6 is 15.9 Å². The van der Waals surface area contributed by atoms with E-state index in [-0.39, 0.29) is 23.1 Å². The van der Waals surface area contributed by atoms with Crippen molar-refractivity contribution < 1.29 is 4.92 Å². The van der Waals surface area contributed by atoms with Crippen molar-refractivity contribution in [2.45, 2.75) is 13.5 Å². The van der Waals surface area contributed by atoms with E-state index in [0.29, 0.717) is 6.54 Å². The second-order valence-electron chi connectivity index (χ2n) is 4.21. The van der Waals surface area contributed by atoms with Gasteiger partial charge >= 0.3 is 5.69 Å². The molecule has 0 aliphatic rings. The summed E-state index contributed by atoms with van der Waals surface area (Å²) in [5.41, 5.74) is 3.33. The van der Waals surface area contributed by atoms with E-state index < -0.39 is 4.92 Å². The molecule has 0 spiro atoms. The van der Waals surface area contributed by atoms with Crippen molar-refractivity contribution >= 4 is 33.4 Å². The monoisotopic (exact) mass is 352 g/mol. The molecule has 4 N–H and O–H groups in total. The quantitative estimate of drug-likeness (QED) is 0.429. The maximum Gasteiger partial charge on any atom is 0.332 e. The summed E-state index contributed by atoms with van der Waals surface area (Å²) in [5.74, 6) is 5.51. The van der Waals surface area contributed by atoms with Crippen molar-refractivity contribution in [3.8, 4) is 0 Å². The summed E-state index contributed by atoms with van der Waals surface area (Å²) < 4.78 is 0.963. The third-order valence-electron chi connectivity index (χ3n) is 2.74. The highest BCUT2D eigenvalue weighted by atomic mass is 79.9. The van der Waals surface area contributed by atoms with E-state index in [2.05, 4.69) is 36.6 Å². The predicted octanol–water partition coefficient (Wildman–Crippen LogP) is 2.35. The molecule has 21 heavy (non-hydrogen) atoms. The smallest absolute Gasteiger partial charge is 0.332 e. The number of nitrogens with zero attached hydrogens (tertiary/aromatic N) is 3. The summed E-state index contributed by atoms with van der Waals surface area (Å²) in [6.45, 7) is 1.93. The lowest BCUT2D eigenvalue weighted by Crippen LogP contribution is -2.14. The molecule has 2 rings (SSSR count). The number of hydrogen-bond donors (Lipinski definition) is 3. The minimum Gasteiger partial charge on any atom is -0.360 e. The molecule has 9 heteroatoms. The number of nitrogen functional groups attached to an aromatic ring is 1. The number of benzene rings is 1. The minimum absolute atomic E-state index is 0.122. The number of halogens is 1. The number of aromatic nitrogens is 2. The molecule has 0 saturated carbocycles. The topological polar surface area (TPSA) is 119 Å². The van der Waals surface area contributed by atoms with Crippen LogP contribution in [0.2, 0.25) is 0 Å². The van der Waals surface area contributed by atoms with Crippen LogP contribution in [-0.4, -0.2) is 14.9 Å². The molecule has 8 nitrogen and oxygen atoms in total. The molecule has 0 aliphatic heterocycles. The van der Waals surface area contributed by atoms with Crippen LogP contribution in [-0.2, 0) is 6.54 Å². The highest BCUT2D eigenvalue weighted by Gasteiger charge is 2.21. The van der Waals surface area contributed by atoms with Gasteiger partial charge in [0.05, 0.1) is 4.92 Å². The van der Waals surface area contributed by atoms with Crippen LogP contribution in [0.15, 0.2) is 28.7 Å². The zero-order valence-corrected chi connectivity index (χ0v) is 12.7. The number of aryl methyl sites for hydroxylation is 1. The molecule has 0 saturated heterocycles. The SMILES string of the molecule is Cc1nc(NN)nc(NCc2ccc(Br)cc2)c1[N+](=O)[O-]. The molecule has 1 aromatic carbocycles. The third-order valence-corrected chi connectivity index (χ3v) is 3.27. The molecule has 0 atom stereocenters. The fraction of sp³-hybridized carbons (Fsp3) is 0.167. The summed E-state index contributed by atoms with van der Waals surface area (Å²) in [5, 5.41) is 14.1. The van der Waals surface area contributed by atoms with Crippen LogP contribution in [0.3, 0.4) is 0 Å². The van der Waals surface area contributed by atoms with E-state index in [1.807, 2.05) is 24.3 Å². The van der Waals surface area contributed by atoms with Gasteiger partial charge in [0.2, 0.25) is 11.8 Å². The Morgan fingerprint density at radius 2 is 2.00 bits per heavy atom. The highest BCUT2D eigenvalue weighted by Crippen LogP contribution is 2.26. The lowest BCUT2D eigenvalue weighted by atomic mass is 10.2. The lowest BCUT2D eigenvalue weighted by Gasteiger charge is -2.09. The number of nitrogens with two attached hydrogens (primary N) is 1. The van der Waals surface area contributed by atoms with Gasteiger partial charge in [0.15, 0.2) is 0 Å². The summed E-state index contributed by atoms with van der Waals surface area (Å²) in [6.07, 6.45) is 0. The number of anilines is 2. The van der Waals surface area contributed by atoms with Crippen LogP contribution < -0.4 is 16.6 Å². The Morgan fingerprint density at radius 1 is 1.33 bits per heavy atom. The van der Waals surface area contributed by atoms with Gasteiger partial charge < -0.3 is 5.32 Å². The summed E-state index contributed by atoms with van der Waals surface area (Å²) in [4.78, 5) is 18.5. The third kappa shape index (κ3) is 3.64. The maximum atomic E-state index is 11.1. The van der Waals surface area contributed by atoms with Crippen LogP contribution in [0.1, 0.15) is 11.3 Å². The van der Waals surface area contributed by atoms with Crippen molar-refractivity contribution in [3.63, 3.8) is 0 Å². The van der Waals surface area contributed by atoms with E-state index in [0.717, 1.165) is 10.0 Å². The normalized spacial score (nSPS) is 10.2. The van der Waals surface area contributed by atoms with Gasteiger partial charge in [-0.15, -0.1) is 0 Å². The second kappa shape index (κ2) is 6.46.